The third-order valence-electron chi connectivity index (χ3n) is 2.09. The Bertz CT molecular complexity index is 235. The van der Waals surface area contributed by atoms with Gasteiger partial charge in [0.05, 0.1) is 6.54 Å². The summed E-state index contributed by atoms with van der Waals surface area (Å²) in [5.41, 5.74) is 4.87. The highest BCUT2D eigenvalue weighted by Crippen LogP contribution is 2.13. The summed E-state index contributed by atoms with van der Waals surface area (Å²) in [6.07, 6.45) is -0.0737. The second-order valence-corrected chi connectivity index (χ2v) is 3.50. The maximum Gasteiger partial charge on any atom is 0.404 e. The number of halogens is 1. The Kier molecular flexibility index (Phi) is 4.00. The third kappa shape index (κ3) is 3.06. The fourth-order valence-electron chi connectivity index (χ4n) is 1.45. The zero-order valence-electron chi connectivity index (χ0n) is 7.74. The minimum Gasteiger partial charge on any atom is -0.444 e. The molecule has 6 heteroatoms. The van der Waals surface area contributed by atoms with Gasteiger partial charge in [0.25, 0.3) is 0 Å². The molecular weight excluding hydrogens is 208 g/mol. The zero-order valence-corrected chi connectivity index (χ0v) is 8.50. The van der Waals surface area contributed by atoms with E-state index < -0.39 is 6.09 Å². The molecule has 2 amide bonds. The molecule has 0 aromatic rings. The van der Waals surface area contributed by atoms with Crippen molar-refractivity contribution in [2.45, 2.75) is 18.9 Å². The summed E-state index contributed by atoms with van der Waals surface area (Å²) in [6, 6.07) is 0. The van der Waals surface area contributed by atoms with Crippen molar-refractivity contribution < 1.29 is 14.3 Å². The van der Waals surface area contributed by atoms with Gasteiger partial charge in [0.2, 0.25) is 5.91 Å². The number of carbonyl (C=O) groups excluding carboxylic acids is 2. The predicted octanol–water partition coefficient (Wildman–Crippen LogP) is 0.312. The van der Waals surface area contributed by atoms with Gasteiger partial charge in [0.15, 0.2) is 0 Å². The predicted molar refractivity (Wildman–Crippen MR) is 51.0 cm³/mol. The standard InChI is InChI=1S/C8H13ClN2O3/c9-3-1-7(12)11-4-2-6(5-11)14-8(10)13/h6H,1-5H2,(H2,10,13)/t6-/m0/s1. The number of likely N-dealkylation sites (tertiary alicyclic amines) is 1. The topological polar surface area (TPSA) is 72.6 Å². The molecule has 0 aromatic heterocycles. The van der Waals surface area contributed by atoms with E-state index in [0.29, 0.717) is 31.8 Å². The van der Waals surface area contributed by atoms with E-state index in [1.54, 1.807) is 4.90 Å². The van der Waals surface area contributed by atoms with Gasteiger partial charge in [-0.3, -0.25) is 4.79 Å². The highest BCUT2D eigenvalue weighted by molar-refractivity contribution is 6.18. The average molecular weight is 221 g/mol. The van der Waals surface area contributed by atoms with Crippen LogP contribution in [0.1, 0.15) is 12.8 Å². The smallest absolute Gasteiger partial charge is 0.404 e. The highest BCUT2D eigenvalue weighted by Gasteiger charge is 2.27. The lowest BCUT2D eigenvalue weighted by atomic mass is 10.3. The van der Waals surface area contributed by atoms with E-state index >= 15 is 0 Å². The second kappa shape index (κ2) is 5.05. The molecule has 14 heavy (non-hydrogen) atoms. The molecule has 5 nitrogen and oxygen atoms in total. The van der Waals surface area contributed by atoms with Gasteiger partial charge < -0.3 is 15.4 Å². The first kappa shape index (κ1) is 11.1. The average Bonchev–Trinajstić information content (AvgIpc) is 2.52. The molecule has 1 fully saturated rings. The van der Waals surface area contributed by atoms with Crippen LogP contribution >= 0.6 is 11.6 Å². The molecule has 0 bridgehead atoms. The van der Waals surface area contributed by atoms with Crippen molar-refractivity contribution in [2.24, 2.45) is 5.73 Å². The van der Waals surface area contributed by atoms with Gasteiger partial charge in [0, 0.05) is 25.3 Å². The molecule has 2 N–H and O–H groups in total. The molecule has 1 rings (SSSR count). The molecule has 1 heterocycles. The minimum atomic E-state index is -0.790. The van der Waals surface area contributed by atoms with Crippen molar-refractivity contribution in [3.8, 4) is 0 Å². The second-order valence-electron chi connectivity index (χ2n) is 3.13. The summed E-state index contributed by atoms with van der Waals surface area (Å²) in [5.74, 6) is 0.312. The summed E-state index contributed by atoms with van der Waals surface area (Å²) in [4.78, 5) is 23.4. The van der Waals surface area contributed by atoms with Crippen LogP contribution in [0.25, 0.3) is 0 Å². The monoisotopic (exact) mass is 220 g/mol. The van der Waals surface area contributed by atoms with Crippen LogP contribution in [0.4, 0.5) is 4.79 Å². The van der Waals surface area contributed by atoms with Crippen molar-refractivity contribution in [3.05, 3.63) is 0 Å². The SMILES string of the molecule is NC(=O)O[C@H]1CCN(C(=O)CCCl)C1. The van der Waals surface area contributed by atoms with E-state index in [9.17, 15) is 9.59 Å². The van der Waals surface area contributed by atoms with Gasteiger partial charge in [-0.2, -0.15) is 0 Å². The quantitative estimate of drug-likeness (QED) is 0.696. The van der Waals surface area contributed by atoms with Crippen LogP contribution in [0.15, 0.2) is 0 Å². The Morgan fingerprint density at radius 3 is 2.86 bits per heavy atom. The van der Waals surface area contributed by atoms with E-state index in [-0.39, 0.29) is 12.0 Å². The Balaban J connectivity index is 2.33. The first-order valence-corrected chi connectivity index (χ1v) is 4.96. The molecular formula is C8H13ClN2O3. The van der Waals surface area contributed by atoms with Crippen LogP contribution in [0.3, 0.4) is 0 Å². The summed E-state index contributed by atoms with van der Waals surface area (Å²) in [5, 5.41) is 0. The fourth-order valence-corrected chi connectivity index (χ4v) is 1.62. The zero-order chi connectivity index (χ0) is 10.6. The number of carbonyl (C=O) groups is 2. The molecule has 0 aromatic carbocycles. The van der Waals surface area contributed by atoms with Gasteiger partial charge in [-0.25, -0.2) is 4.79 Å². The maximum absolute atomic E-state index is 11.3. The van der Waals surface area contributed by atoms with Crippen LogP contribution in [-0.4, -0.2) is 42.0 Å². The summed E-state index contributed by atoms with van der Waals surface area (Å²) in [7, 11) is 0. The van der Waals surface area contributed by atoms with Crippen LogP contribution in [0, 0.1) is 0 Å². The van der Waals surface area contributed by atoms with Gasteiger partial charge in [-0.15, -0.1) is 11.6 Å². The number of hydrogen-bond acceptors (Lipinski definition) is 3. The summed E-state index contributed by atoms with van der Waals surface area (Å²) >= 11 is 5.44. The Morgan fingerprint density at radius 2 is 2.29 bits per heavy atom. The van der Waals surface area contributed by atoms with E-state index in [2.05, 4.69) is 0 Å². The van der Waals surface area contributed by atoms with Crippen molar-refractivity contribution in [2.75, 3.05) is 19.0 Å². The lowest BCUT2D eigenvalue weighted by Gasteiger charge is -2.15. The minimum absolute atomic E-state index is 0.00410. The van der Waals surface area contributed by atoms with Crippen LogP contribution in [-0.2, 0) is 9.53 Å². The third-order valence-corrected chi connectivity index (χ3v) is 2.28. The van der Waals surface area contributed by atoms with E-state index in [1.807, 2.05) is 0 Å². The molecule has 0 radical (unpaired) electrons. The molecule has 0 aliphatic carbocycles. The molecule has 0 unspecified atom stereocenters. The largest absolute Gasteiger partial charge is 0.444 e. The Labute approximate surface area is 87.1 Å². The van der Waals surface area contributed by atoms with Gasteiger partial charge in [-0.1, -0.05) is 0 Å². The Hall–Kier alpha value is -0.970. The number of nitrogens with zero attached hydrogens (tertiary/aromatic N) is 1. The fraction of sp³-hybridized carbons (Fsp3) is 0.750. The normalized spacial score (nSPS) is 20.9. The number of hydrogen-bond donors (Lipinski definition) is 1. The number of amides is 2. The van der Waals surface area contributed by atoms with Gasteiger partial charge >= 0.3 is 6.09 Å². The molecule has 80 valence electrons. The number of primary amides is 1. The van der Waals surface area contributed by atoms with Gasteiger partial charge in [-0.05, 0) is 0 Å². The van der Waals surface area contributed by atoms with E-state index in [4.69, 9.17) is 22.1 Å². The van der Waals surface area contributed by atoms with Crippen LogP contribution in [0.5, 0.6) is 0 Å². The Morgan fingerprint density at radius 1 is 1.57 bits per heavy atom. The molecule has 1 atom stereocenters. The first-order valence-electron chi connectivity index (χ1n) is 4.43. The van der Waals surface area contributed by atoms with Crippen molar-refractivity contribution in [1.29, 1.82) is 0 Å². The number of rotatable bonds is 3. The number of nitrogens with two attached hydrogens (primary N) is 1. The van der Waals surface area contributed by atoms with E-state index in [1.165, 1.54) is 0 Å². The lowest BCUT2D eigenvalue weighted by Crippen LogP contribution is -2.31. The van der Waals surface area contributed by atoms with Gasteiger partial charge in [0.1, 0.15) is 6.10 Å². The van der Waals surface area contributed by atoms with E-state index in [0.717, 1.165) is 0 Å². The summed E-state index contributed by atoms with van der Waals surface area (Å²) in [6.45, 7) is 1.03. The van der Waals surface area contributed by atoms with Crippen molar-refractivity contribution in [1.82, 2.24) is 4.90 Å². The summed E-state index contributed by atoms with van der Waals surface area (Å²) < 4.78 is 4.78. The van der Waals surface area contributed by atoms with Crippen LogP contribution in [0.2, 0.25) is 0 Å². The maximum atomic E-state index is 11.3. The lowest BCUT2D eigenvalue weighted by molar-refractivity contribution is -0.130. The molecule has 1 aliphatic heterocycles. The van der Waals surface area contributed by atoms with Crippen LogP contribution < -0.4 is 5.73 Å². The number of ether oxygens (including phenoxy) is 1. The molecule has 0 spiro atoms. The highest BCUT2D eigenvalue weighted by atomic mass is 35.5. The van der Waals surface area contributed by atoms with Crippen molar-refractivity contribution >= 4 is 23.6 Å². The molecule has 0 saturated carbocycles. The first-order chi connectivity index (χ1) is 6.63. The van der Waals surface area contributed by atoms with Crippen molar-refractivity contribution in [3.63, 3.8) is 0 Å². The molecule has 1 aliphatic rings. The molecule has 1 saturated heterocycles. The number of alkyl halides is 1.